The summed E-state index contributed by atoms with van der Waals surface area (Å²) in [4.78, 5) is 39.2. The second-order valence-electron chi connectivity index (χ2n) is 11.7. The summed E-state index contributed by atoms with van der Waals surface area (Å²) < 4.78 is 39.1. The smallest absolute Gasteiger partial charge is 0.338 e. The third kappa shape index (κ3) is 9.36. The average Bonchev–Trinajstić information content (AvgIpc) is 3.32. The van der Waals surface area contributed by atoms with E-state index in [-0.39, 0.29) is 18.8 Å². The van der Waals surface area contributed by atoms with Crippen molar-refractivity contribution in [2.24, 2.45) is 0 Å². The van der Waals surface area contributed by atoms with E-state index in [1.54, 1.807) is 84.9 Å². The quantitative estimate of drug-likeness (QED) is 0.121. The molecule has 0 aliphatic carbocycles. The Bertz CT molecular complexity index is 1670. The minimum Gasteiger partial charge on any atom is -0.458 e. The van der Waals surface area contributed by atoms with Gasteiger partial charge in [-0.1, -0.05) is 66.0 Å². The molecule has 2 saturated heterocycles. The number of hydrogen-bond acceptors (Lipinski definition) is 9. The van der Waals surface area contributed by atoms with Crippen LogP contribution in [-0.4, -0.2) is 73.8 Å². The maximum Gasteiger partial charge on any atom is 0.338 e. The van der Waals surface area contributed by atoms with Gasteiger partial charge in [0.1, 0.15) is 18.8 Å². The fourth-order valence-electron chi connectivity index (χ4n) is 5.86. The standard InChI is InChI=1S/C37H33Br3O9/c38-25-12-6-22(7-13-25)35(41)45-21-29(47-36(42)23-8-14-26(39)15-9-23)19-18-28-3-1-4-31-33(46-28)34(32-30(48-31)5-2-20-44-32)49-37(43)24-10-16-27(40)17-11-24/h1,3,6-19,28-34H,2,4-5,20-21H2/b19-18+/t28-,29+,30-,31+,32-,33+,34+/m0/s1. The van der Waals surface area contributed by atoms with Crippen molar-refractivity contribution in [1.82, 2.24) is 0 Å². The molecule has 3 heterocycles. The average molecular weight is 861 g/mol. The van der Waals surface area contributed by atoms with Gasteiger partial charge >= 0.3 is 17.9 Å². The molecule has 0 radical (unpaired) electrons. The van der Waals surface area contributed by atoms with Gasteiger partial charge in [0.05, 0.1) is 35.0 Å². The van der Waals surface area contributed by atoms with E-state index < -0.39 is 48.4 Å². The van der Waals surface area contributed by atoms with E-state index in [4.69, 9.17) is 28.4 Å². The van der Waals surface area contributed by atoms with Gasteiger partial charge in [0.2, 0.25) is 0 Å². The molecule has 3 aromatic rings. The van der Waals surface area contributed by atoms with E-state index in [2.05, 4.69) is 47.8 Å². The highest BCUT2D eigenvalue weighted by Gasteiger charge is 2.51. The van der Waals surface area contributed by atoms with Crippen molar-refractivity contribution in [3.8, 4) is 0 Å². The van der Waals surface area contributed by atoms with Crippen LogP contribution in [0.15, 0.2) is 111 Å². The summed E-state index contributed by atoms with van der Waals surface area (Å²) in [6, 6.07) is 20.5. The van der Waals surface area contributed by atoms with Gasteiger partial charge in [-0.25, -0.2) is 14.4 Å². The maximum absolute atomic E-state index is 13.3. The molecule has 3 aliphatic rings. The molecule has 3 aliphatic heterocycles. The molecule has 6 rings (SSSR count). The Hall–Kier alpha value is -3.13. The summed E-state index contributed by atoms with van der Waals surface area (Å²) in [5, 5.41) is 0. The second kappa shape index (κ2) is 16.7. The minimum atomic E-state index is -0.939. The third-order valence-corrected chi connectivity index (χ3v) is 9.90. The van der Waals surface area contributed by atoms with Gasteiger partial charge < -0.3 is 28.4 Å². The largest absolute Gasteiger partial charge is 0.458 e. The summed E-state index contributed by atoms with van der Waals surface area (Å²) in [5.74, 6) is -1.62. The zero-order chi connectivity index (χ0) is 34.3. The molecule has 256 valence electrons. The predicted molar refractivity (Wildman–Crippen MR) is 190 cm³/mol. The summed E-state index contributed by atoms with van der Waals surface area (Å²) >= 11 is 10.1. The maximum atomic E-state index is 13.3. The van der Waals surface area contributed by atoms with Crippen molar-refractivity contribution in [1.29, 1.82) is 0 Å². The molecule has 0 aromatic heterocycles. The summed E-state index contributed by atoms with van der Waals surface area (Å²) in [7, 11) is 0. The first-order chi connectivity index (χ1) is 23.7. The summed E-state index contributed by atoms with van der Waals surface area (Å²) in [5.41, 5.74) is 1.11. The number of benzene rings is 3. The SMILES string of the molecule is O=C(OC[C@@H](/C=C/[C@@H]1C=CC[C@H]2O[C@H]3CCCO[C@@H]3[C@@H](OC(=O)c3ccc(Br)cc3)[C@@H]2O1)OC(=O)c1ccc(Br)cc1)c1ccc(Br)cc1. The zero-order valence-corrected chi connectivity index (χ0v) is 30.9. The van der Waals surface area contributed by atoms with Crippen LogP contribution in [0.25, 0.3) is 0 Å². The van der Waals surface area contributed by atoms with Crippen molar-refractivity contribution in [3.05, 3.63) is 127 Å². The third-order valence-electron chi connectivity index (χ3n) is 8.32. The Balaban J connectivity index is 1.20. The number of hydrogen-bond donors (Lipinski definition) is 0. The normalized spacial score (nSPS) is 25.4. The predicted octanol–water partition coefficient (Wildman–Crippen LogP) is 7.80. The topological polar surface area (TPSA) is 107 Å². The molecule has 0 unspecified atom stereocenters. The number of fused-ring (bicyclic) bond motifs is 2. The van der Waals surface area contributed by atoms with Crippen molar-refractivity contribution in [2.45, 2.75) is 62.0 Å². The molecule has 0 bridgehead atoms. The van der Waals surface area contributed by atoms with E-state index >= 15 is 0 Å². The van der Waals surface area contributed by atoms with Crippen LogP contribution in [0.3, 0.4) is 0 Å². The number of ether oxygens (including phenoxy) is 6. The van der Waals surface area contributed by atoms with Gasteiger partial charge in [-0.05, 0) is 98.1 Å². The Morgan fingerprint density at radius 1 is 0.755 bits per heavy atom. The molecule has 0 N–H and O–H groups in total. The molecule has 12 heteroatoms. The van der Waals surface area contributed by atoms with Crippen LogP contribution in [0.5, 0.6) is 0 Å². The fourth-order valence-corrected chi connectivity index (χ4v) is 6.65. The Morgan fingerprint density at radius 2 is 1.35 bits per heavy atom. The van der Waals surface area contributed by atoms with Gasteiger partial charge in [-0.3, -0.25) is 0 Å². The zero-order valence-electron chi connectivity index (χ0n) is 26.1. The molecular weight excluding hydrogens is 828 g/mol. The highest BCUT2D eigenvalue weighted by atomic mass is 79.9. The van der Waals surface area contributed by atoms with Crippen LogP contribution in [0.4, 0.5) is 0 Å². The molecule has 0 amide bonds. The molecule has 0 saturated carbocycles. The van der Waals surface area contributed by atoms with Crippen molar-refractivity contribution >= 4 is 65.7 Å². The lowest BCUT2D eigenvalue weighted by molar-refractivity contribution is -0.258. The van der Waals surface area contributed by atoms with Crippen molar-refractivity contribution < 1.29 is 42.8 Å². The van der Waals surface area contributed by atoms with Crippen LogP contribution in [-0.2, 0) is 28.4 Å². The monoisotopic (exact) mass is 858 g/mol. The number of esters is 3. The van der Waals surface area contributed by atoms with Gasteiger partial charge in [0, 0.05) is 20.0 Å². The second-order valence-corrected chi connectivity index (χ2v) is 14.5. The van der Waals surface area contributed by atoms with Crippen molar-refractivity contribution in [2.75, 3.05) is 13.2 Å². The van der Waals surface area contributed by atoms with Crippen LogP contribution in [0.2, 0.25) is 0 Å². The van der Waals surface area contributed by atoms with Crippen molar-refractivity contribution in [3.63, 3.8) is 0 Å². The molecule has 49 heavy (non-hydrogen) atoms. The lowest BCUT2D eigenvalue weighted by Crippen LogP contribution is -2.61. The van der Waals surface area contributed by atoms with E-state index in [1.807, 2.05) is 12.2 Å². The molecule has 7 atom stereocenters. The Morgan fingerprint density at radius 3 is 1.98 bits per heavy atom. The lowest BCUT2D eigenvalue weighted by Gasteiger charge is -2.47. The molecular formula is C37H33Br3O9. The van der Waals surface area contributed by atoms with Gasteiger partial charge in [-0.2, -0.15) is 0 Å². The lowest BCUT2D eigenvalue weighted by atomic mass is 9.89. The molecule has 3 aromatic carbocycles. The van der Waals surface area contributed by atoms with E-state index in [0.29, 0.717) is 29.7 Å². The van der Waals surface area contributed by atoms with Crippen LogP contribution in [0, 0.1) is 0 Å². The Kier molecular flexibility index (Phi) is 12.2. The Labute approximate surface area is 309 Å². The van der Waals surface area contributed by atoms with Crippen LogP contribution in [0.1, 0.15) is 50.3 Å². The van der Waals surface area contributed by atoms with Gasteiger partial charge in [-0.15, -0.1) is 0 Å². The highest BCUT2D eigenvalue weighted by molar-refractivity contribution is 9.11. The number of carbonyl (C=O) groups excluding carboxylic acids is 3. The van der Waals surface area contributed by atoms with Crippen LogP contribution >= 0.6 is 47.8 Å². The van der Waals surface area contributed by atoms with E-state index in [1.165, 1.54) is 0 Å². The first-order valence-electron chi connectivity index (χ1n) is 15.9. The molecule has 2 fully saturated rings. The summed E-state index contributed by atoms with van der Waals surface area (Å²) in [6.07, 6.45) is 5.35. The van der Waals surface area contributed by atoms with Gasteiger partial charge in [0.25, 0.3) is 0 Å². The first-order valence-corrected chi connectivity index (χ1v) is 18.2. The number of carbonyl (C=O) groups is 3. The minimum absolute atomic E-state index is 0.232. The van der Waals surface area contributed by atoms with E-state index in [0.717, 1.165) is 26.3 Å². The van der Waals surface area contributed by atoms with E-state index in [9.17, 15) is 14.4 Å². The van der Waals surface area contributed by atoms with Gasteiger partial charge in [0.15, 0.2) is 12.2 Å². The molecule has 9 nitrogen and oxygen atoms in total. The number of halogens is 3. The number of rotatable bonds is 9. The highest BCUT2D eigenvalue weighted by Crippen LogP contribution is 2.36. The first kappa shape index (κ1) is 35.7. The fraction of sp³-hybridized carbons (Fsp3) is 0.324. The molecule has 0 spiro atoms. The van der Waals surface area contributed by atoms with Crippen LogP contribution < -0.4 is 0 Å². The summed E-state index contributed by atoms with van der Waals surface area (Å²) in [6.45, 7) is 0.296.